The van der Waals surface area contributed by atoms with Crippen molar-refractivity contribution in [3.8, 4) is 0 Å². The second kappa shape index (κ2) is 12.8. The van der Waals surface area contributed by atoms with E-state index >= 15 is 0 Å². The summed E-state index contributed by atoms with van der Waals surface area (Å²) in [5.74, 6) is 0. The second-order valence-corrected chi connectivity index (χ2v) is 25.3. The van der Waals surface area contributed by atoms with Gasteiger partial charge in [0.25, 0.3) is 0 Å². The molecule has 0 heterocycles. The Morgan fingerprint density at radius 2 is 1.00 bits per heavy atom. The zero-order valence-electron chi connectivity index (χ0n) is 24.2. The Kier molecular flexibility index (Phi) is 11.6. The van der Waals surface area contributed by atoms with Crippen molar-refractivity contribution in [2.24, 2.45) is 0 Å². The first kappa shape index (κ1) is 33.4. The summed E-state index contributed by atoms with van der Waals surface area (Å²) in [5.41, 5.74) is 7.80. The molecule has 0 spiro atoms. The summed E-state index contributed by atoms with van der Waals surface area (Å²) in [6.45, 7) is 24.8. The average Bonchev–Trinajstić information content (AvgIpc) is 3.24. The Morgan fingerprint density at radius 3 is 1.41 bits per heavy atom. The standard InChI is InChI=1S/C17H24P.C15H20P.2ClH.Hf/c1-16(2,3)18(17(4,5)6)15-11-13-9-7-8-10-14(13)12-15;1-11(2)16(12(3)4)15-9-13-7-5-6-8-14(13)10-15;;;/h7-12H,1-6H3;5-12H,1-4H3;2*1H;/q;;;;+2/p-2. The van der Waals surface area contributed by atoms with Gasteiger partial charge in [-0.3, -0.25) is 0 Å². The van der Waals surface area contributed by atoms with E-state index < -0.39 is 22.9 Å². The molecule has 4 rings (SSSR count). The van der Waals surface area contributed by atoms with Crippen LogP contribution >= 0.6 is 15.8 Å². The third kappa shape index (κ3) is 6.94. The molecule has 5 heteroatoms. The van der Waals surface area contributed by atoms with Crippen molar-refractivity contribution in [1.82, 2.24) is 0 Å². The SMILES string of the molecule is CC(C)P(C1=Cc2ccccc2[CH]1[Hf+2][CH]1C(P(C(C)(C)C)C(C)(C)C)=Cc2ccccc21)C(C)C.[Cl-].[Cl-]. The summed E-state index contributed by atoms with van der Waals surface area (Å²) in [6, 6.07) is 18.7. The van der Waals surface area contributed by atoms with Gasteiger partial charge in [-0.1, -0.05) is 0 Å². The minimum Gasteiger partial charge on any atom is -1.00 e. The zero-order chi connectivity index (χ0) is 25.7. The van der Waals surface area contributed by atoms with E-state index in [-0.39, 0.29) is 40.7 Å². The van der Waals surface area contributed by atoms with Gasteiger partial charge < -0.3 is 24.8 Å². The van der Waals surface area contributed by atoms with E-state index in [0.29, 0.717) is 14.0 Å². The molecule has 0 saturated carbocycles. The van der Waals surface area contributed by atoms with Gasteiger partial charge in [0.2, 0.25) is 0 Å². The van der Waals surface area contributed by atoms with Crippen molar-refractivity contribution in [2.75, 3.05) is 0 Å². The molecule has 200 valence electrons. The maximum atomic E-state index is 2.65. The summed E-state index contributed by atoms with van der Waals surface area (Å²) in [7, 11) is -0.408. The third-order valence-electron chi connectivity index (χ3n) is 7.16. The summed E-state index contributed by atoms with van der Waals surface area (Å²) >= 11 is -1.21. The van der Waals surface area contributed by atoms with Gasteiger partial charge in [0, 0.05) is 0 Å². The van der Waals surface area contributed by atoms with E-state index in [9.17, 15) is 0 Å². The fourth-order valence-corrected chi connectivity index (χ4v) is 24.3. The number of fused-ring (bicyclic) bond motifs is 2. The van der Waals surface area contributed by atoms with Crippen LogP contribution in [-0.2, 0) is 22.9 Å². The molecule has 0 radical (unpaired) electrons. The molecule has 0 nitrogen and oxygen atoms in total. The van der Waals surface area contributed by atoms with Crippen molar-refractivity contribution in [3.05, 3.63) is 81.4 Å². The van der Waals surface area contributed by atoms with Crippen LogP contribution in [0.15, 0.2) is 59.2 Å². The molecule has 0 fully saturated rings. The van der Waals surface area contributed by atoms with Gasteiger partial charge in [-0.25, -0.2) is 0 Å². The minimum absolute atomic E-state index is 0. The van der Waals surface area contributed by atoms with Gasteiger partial charge in [-0.15, -0.1) is 0 Å². The molecule has 2 aliphatic rings. The molecule has 0 aromatic heterocycles. The van der Waals surface area contributed by atoms with Crippen molar-refractivity contribution < 1.29 is 47.7 Å². The number of hydrogen-bond donors (Lipinski definition) is 0. The largest absolute Gasteiger partial charge is 1.00 e. The van der Waals surface area contributed by atoms with Gasteiger partial charge in [-0.05, 0) is 0 Å². The predicted octanol–water partition coefficient (Wildman–Crippen LogP) is 4.65. The normalized spacial score (nSPS) is 18.8. The summed E-state index contributed by atoms with van der Waals surface area (Å²) in [5, 5.41) is 4.25. The van der Waals surface area contributed by atoms with Crippen LogP contribution in [-0.4, -0.2) is 21.6 Å². The van der Waals surface area contributed by atoms with E-state index in [1.807, 2.05) is 10.6 Å². The molecule has 2 atom stereocenters. The van der Waals surface area contributed by atoms with Crippen LogP contribution in [0.1, 0.15) is 98.8 Å². The van der Waals surface area contributed by atoms with Crippen molar-refractivity contribution in [3.63, 3.8) is 0 Å². The maximum absolute atomic E-state index is 2.65. The Hall–Kier alpha value is 0.230. The van der Waals surface area contributed by atoms with Gasteiger partial charge >= 0.3 is 231 Å². The Morgan fingerprint density at radius 1 is 0.622 bits per heavy atom. The van der Waals surface area contributed by atoms with Crippen LogP contribution in [0.5, 0.6) is 0 Å². The van der Waals surface area contributed by atoms with Crippen molar-refractivity contribution in [2.45, 2.75) is 98.2 Å². The first-order valence-electron chi connectivity index (χ1n) is 13.3. The molecule has 0 N–H and O–H groups in total. The smallest absolute Gasteiger partial charge is 1.00 e. The fraction of sp³-hybridized carbons (Fsp3) is 0.500. The van der Waals surface area contributed by atoms with Crippen molar-refractivity contribution in [1.29, 1.82) is 0 Å². The molecule has 0 saturated heterocycles. The Labute approximate surface area is 253 Å². The molecule has 0 bridgehead atoms. The minimum atomic E-state index is -1.21. The van der Waals surface area contributed by atoms with E-state index in [1.54, 1.807) is 11.1 Å². The Balaban J connectivity index is 0.00000241. The van der Waals surface area contributed by atoms with Crippen LogP contribution in [0.4, 0.5) is 0 Å². The van der Waals surface area contributed by atoms with Crippen molar-refractivity contribution >= 4 is 28.0 Å². The molecule has 2 aromatic rings. The van der Waals surface area contributed by atoms with E-state index in [4.69, 9.17) is 0 Å². The molecule has 0 amide bonds. The molecule has 2 aliphatic carbocycles. The van der Waals surface area contributed by atoms with Gasteiger partial charge in [0.05, 0.1) is 0 Å². The summed E-state index contributed by atoms with van der Waals surface area (Å²) in [4.78, 5) is 0. The Bertz CT molecular complexity index is 1120. The molecular formula is C32H44Cl2HfP2. The van der Waals surface area contributed by atoms with Crippen LogP contribution in [0.25, 0.3) is 12.2 Å². The molecule has 37 heavy (non-hydrogen) atoms. The maximum Gasteiger partial charge on any atom is -1.00 e. The quantitative estimate of drug-likeness (QED) is 0.300. The first-order valence-corrected chi connectivity index (χ1v) is 20.2. The molecule has 0 aliphatic heterocycles. The van der Waals surface area contributed by atoms with Crippen LogP contribution in [0.3, 0.4) is 0 Å². The fourth-order valence-electron chi connectivity index (χ4n) is 6.52. The summed E-state index contributed by atoms with van der Waals surface area (Å²) in [6.07, 6.45) is 5.28. The monoisotopic (exact) mass is 740 g/mol. The average molecular weight is 740 g/mol. The van der Waals surface area contributed by atoms with Crippen LogP contribution in [0.2, 0.25) is 0 Å². The van der Waals surface area contributed by atoms with Gasteiger partial charge in [0.1, 0.15) is 0 Å². The third-order valence-corrected chi connectivity index (χ3v) is 22.6. The molecule has 2 aromatic carbocycles. The van der Waals surface area contributed by atoms with Crippen LogP contribution < -0.4 is 24.8 Å². The second-order valence-electron chi connectivity index (χ2n) is 12.7. The number of benzene rings is 2. The van der Waals surface area contributed by atoms with E-state index in [0.717, 1.165) is 15.0 Å². The number of allylic oxidation sites excluding steroid dienone is 2. The predicted molar refractivity (Wildman–Crippen MR) is 158 cm³/mol. The van der Waals surface area contributed by atoms with E-state index in [2.05, 4.69) is 130 Å². The zero-order valence-corrected chi connectivity index (χ0v) is 31.1. The molecular weight excluding hydrogens is 696 g/mol. The number of hydrogen-bond acceptors (Lipinski definition) is 0. The van der Waals surface area contributed by atoms with Gasteiger partial charge in [-0.2, -0.15) is 0 Å². The summed E-state index contributed by atoms with van der Waals surface area (Å²) < 4.78 is 1.42. The number of halogens is 2. The van der Waals surface area contributed by atoms with Crippen LogP contribution in [0, 0.1) is 0 Å². The number of rotatable bonds is 6. The van der Waals surface area contributed by atoms with E-state index in [1.165, 1.54) is 11.1 Å². The van der Waals surface area contributed by atoms with Gasteiger partial charge in [0.15, 0.2) is 0 Å². The topological polar surface area (TPSA) is 0 Å². The molecule has 2 unspecified atom stereocenters. The first-order chi connectivity index (χ1) is 16.3.